The quantitative estimate of drug-likeness (QED) is 0.461. The average Bonchev–Trinajstić information content (AvgIpc) is 3.37. The van der Waals surface area contributed by atoms with Crippen molar-refractivity contribution in [2.75, 3.05) is 7.11 Å². The molecule has 4 rings (SSSR count). The number of imidazole rings is 1. The van der Waals surface area contributed by atoms with E-state index in [0.29, 0.717) is 11.4 Å². The molecule has 6 nitrogen and oxygen atoms in total. The topological polar surface area (TPSA) is 74.1 Å². The number of rotatable bonds is 6. The van der Waals surface area contributed by atoms with Crippen molar-refractivity contribution in [3.63, 3.8) is 0 Å². The van der Waals surface area contributed by atoms with Gasteiger partial charge in [0, 0.05) is 23.5 Å². The molecule has 0 aliphatic heterocycles. The summed E-state index contributed by atoms with van der Waals surface area (Å²) in [7, 11) is -2.08. The third kappa shape index (κ3) is 3.94. The number of para-hydroxylation sites is 1. The van der Waals surface area contributed by atoms with E-state index in [4.69, 9.17) is 4.74 Å². The smallest absolute Gasteiger partial charge is 0.232 e. The summed E-state index contributed by atoms with van der Waals surface area (Å²) >= 11 is 1.39. The zero-order valence-electron chi connectivity index (χ0n) is 15.9. The van der Waals surface area contributed by atoms with Crippen molar-refractivity contribution in [1.29, 1.82) is 0 Å². The summed E-state index contributed by atoms with van der Waals surface area (Å²) in [5, 5.41) is 2.49. The number of benzene rings is 2. The SMILES string of the molecule is COc1ccccc1-c1nc(CS(=O)(=O)c2nccn2-c2cccc(C)c2)cs1. The zero-order chi connectivity index (χ0) is 20.4. The molecule has 0 aliphatic carbocycles. The van der Waals surface area contributed by atoms with Crippen LogP contribution in [0.1, 0.15) is 11.3 Å². The van der Waals surface area contributed by atoms with Crippen molar-refractivity contribution in [3.05, 3.63) is 77.6 Å². The van der Waals surface area contributed by atoms with E-state index in [1.807, 2.05) is 55.5 Å². The molecule has 0 unspecified atom stereocenters. The number of sulfone groups is 1. The third-order valence-corrected chi connectivity index (χ3v) is 6.85. The van der Waals surface area contributed by atoms with Crippen molar-refractivity contribution in [1.82, 2.24) is 14.5 Å². The molecule has 0 fully saturated rings. The molecule has 0 saturated carbocycles. The lowest BCUT2D eigenvalue weighted by molar-refractivity contribution is 0.416. The predicted octanol–water partition coefficient (Wildman–Crippen LogP) is 4.29. The minimum Gasteiger partial charge on any atom is -0.496 e. The number of nitrogens with zero attached hydrogens (tertiary/aromatic N) is 3. The summed E-state index contributed by atoms with van der Waals surface area (Å²) in [5.41, 5.74) is 3.12. The number of thiazole rings is 1. The molecule has 2 aromatic carbocycles. The number of hydrogen-bond donors (Lipinski definition) is 0. The maximum Gasteiger partial charge on any atom is 0.232 e. The summed E-state index contributed by atoms with van der Waals surface area (Å²) < 4.78 is 33.1. The molecule has 0 aliphatic rings. The predicted molar refractivity (Wildman–Crippen MR) is 113 cm³/mol. The van der Waals surface area contributed by atoms with Gasteiger partial charge in [-0.2, -0.15) is 0 Å². The highest BCUT2D eigenvalue weighted by Crippen LogP contribution is 2.32. The molecular formula is C21H19N3O3S2. The number of hydrogen-bond acceptors (Lipinski definition) is 6. The van der Waals surface area contributed by atoms with Crippen molar-refractivity contribution >= 4 is 21.2 Å². The van der Waals surface area contributed by atoms with Gasteiger partial charge in [-0.05, 0) is 36.8 Å². The Kier molecular flexibility index (Phi) is 5.21. The van der Waals surface area contributed by atoms with Gasteiger partial charge >= 0.3 is 0 Å². The highest BCUT2D eigenvalue weighted by Gasteiger charge is 2.24. The maximum atomic E-state index is 13.1. The molecule has 0 N–H and O–H groups in total. The molecule has 0 bridgehead atoms. The van der Waals surface area contributed by atoms with E-state index >= 15 is 0 Å². The first kappa shape index (κ1) is 19.4. The van der Waals surface area contributed by atoms with Crippen LogP contribution in [-0.4, -0.2) is 30.1 Å². The van der Waals surface area contributed by atoms with Gasteiger partial charge in [0.2, 0.25) is 15.0 Å². The van der Waals surface area contributed by atoms with Crippen molar-refractivity contribution in [2.45, 2.75) is 17.8 Å². The lowest BCUT2D eigenvalue weighted by Gasteiger charge is -2.09. The molecule has 29 heavy (non-hydrogen) atoms. The Morgan fingerprint density at radius 2 is 1.97 bits per heavy atom. The van der Waals surface area contributed by atoms with Crippen LogP contribution < -0.4 is 4.74 Å². The van der Waals surface area contributed by atoms with Crippen LogP contribution in [0.25, 0.3) is 16.3 Å². The fourth-order valence-corrected chi connectivity index (χ4v) is 5.38. The second kappa shape index (κ2) is 7.81. The summed E-state index contributed by atoms with van der Waals surface area (Å²) in [4.78, 5) is 8.64. The van der Waals surface area contributed by atoms with Gasteiger partial charge in [-0.25, -0.2) is 18.4 Å². The molecule has 0 radical (unpaired) electrons. The minimum atomic E-state index is -3.68. The Balaban J connectivity index is 1.65. The number of aromatic nitrogens is 3. The molecule has 0 saturated heterocycles. The van der Waals surface area contributed by atoms with E-state index in [9.17, 15) is 8.42 Å². The summed E-state index contributed by atoms with van der Waals surface area (Å²) in [6, 6.07) is 15.2. The van der Waals surface area contributed by atoms with Gasteiger partial charge in [-0.1, -0.05) is 24.3 Å². The van der Waals surface area contributed by atoms with Crippen LogP contribution in [0.15, 0.2) is 71.5 Å². The number of aryl methyl sites for hydroxylation is 1. The standard InChI is InChI=1S/C21H19N3O3S2/c1-15-6-5-7-17(12-15)24-11-10-22-21(24)29(25,26)14-16-13-28-20(23-16)18-8-3-4-9-19(18)27-2/h3-13H,14H2,1-2H3. The van der Waals surface area contributed by atoms with Crippen LogP contribution in [0, 0.1) is 6.92 Å². The van der Waals surface area contributed by atoms with Crippen LogP contribution in [0.5, 0.6) is 5.75 Å². The molecule has 148 valence electrons. The lowest BCUT2D eigenvalue weighted by atomic mass is 10.2. The molecule has 0 spiro atoms. The number of methoxy groups -OCH3 is 1. The molecule has 4 aromatic rings. The monoisotopic (exact) mass is 425 g/mol. The van der Waals surface area contributed by atoms with E-state index < -0.39 is 9.84 Å². The fourth-order valence-electron chi connectivity index (χ4n) is 3.07. The molecule has 0 amide bonds. The van der Waals surface area contributed by atoms with Crippen LogP contribution in [0.3, 0.4) is 0 Å². The van der Waals surface area contributed by atoms with E-state index in [1.165, 1.54) is 17.5 Å². The zero-order valence-corrected chi connectivity index (χ0v) is 17.6. The Morgan fingerprint density at radius 1 is 1.14 bits per heavy atom. The Hall–Kier alpha value is -2.97. The highest BCUT2D eigenvalue weighted by molar-refractivity contribution is 7.90. The van der Waals surface area contributed by atoms with E-state index in [0.717, 1.165) is 21.8 Å². The Bertz CT molecular complexity index is 1260. The molecular weight excluding hydrogens is 406 g/mol. The second-order valence-electron chi connectivity index (χ2n) is 6.52. The summed E-state index contributed by atoms with van der Waals surface area (Å²) in [6.07, 6.45) is 3.15. The van der Waals surface area contributed by atoms with E-state index in [2.05, 4.69) is 9.97 Å². The van der Waals surface area contributed by atoms with Crippen molar-refractivity contribution in [2.24, 2.45) is 0 Å². The van der Waals surface area contributed by atoms with Crippen LogP contribution in [-0.2, 0) is 15.6 Å². The molecule has 2 aromatic heterocycles. The normalized spacial score (nSPS) is 11.5. The van der Waals surface area contributed by atoms with Crippen molar-refractivity contribution < 1.29 is 13.2 Å². The first-order valence-corrected chi connectivity index (χ1v) is 11.4. The second-order valence-corrected chi connectivity index (χ2v) is 9.26. The largest absolute Gasteiger partial charge is 0.496 e. The Labute approximate surface area is 173 Å². The molecule has 0 atom stereocenters. The van der Waals surface area contributed by atoms with E-state index in [-0.39, 0.29) is 10.9 Å². The summed E-state index contributed by atoms with van der Waals surface area (Å²) in [6.45, 7) is 1.96. The van der Waals surface area contributed by atoms with Gasteiger partial charge in [0.15, 0.2) is 0 Å². The van der Waals surface area contributed by atoms with Crippen LogP contribution in [0.2, 0.25) is 0 Å². The maximum absolute atomic E-state index is 13.1. The van der Waals surface area contributed by atoms with E-state index in [1.54, 1.807) is 23.3 Å². The van der Waals surface area contributed by atoms with Gasteiger partial charge in [-0.3, -0.25) is 4.57 Å². The van der Waals surface area contributed by atoms with Crippen molar-refractivity contribution in [3.8, 4) is 22.0 Å². The molecule has 2 heterocycles. The Morgan fingerprint density at radius 3 is 2.76 bits per heavy atom. The van der Waals surface area contributed by atoms with Gasteiger partial charge < -0.3 is 4.74 Å². The summed E-state index contributed by atoms with van der Waals surface area (Å²) in [5.74, 6) is 0.479. The first-order valence-electron chi connectivity index (χ1n) is 8.89. The molecule has 8 heteroatoms. The highest BCUT2D eigenvalue weighted by atomic mass is 32.2. The minimum absolute atomic E-state index is 0.00921. The first-order chi connectivity index (χ1) is 14.0. The van der Waals surface area contributed by atoms with Crippen LogP contribution >= 0.6 is 11.3 Å². The fraction of sp³-hybridized carbons (Fsp3) is 0.143. The van der Waals surface area contributed by atoms with Gasteiger partial charge in [0.25, 0.3) is 0 Å². The van der Waals surface area contributed by atoms with Gasteiger partial charge in [-0.15, -0.1) is 11.3 Å². The van der Waals surface area contributed by atoms with Gasteiger partial charge in [0.1, 0.15) is 16.5 Å². The lowest BCUT2D eigenvalue weighted by Crippen LogP contribution is -2.12. The van der Waals surface area contributed by atoms with Gasteiger partial charge in [0.05, 0.1) is 18.4 Å². The average molecular weight is 426 g/mol. The number of ether oxygens (including phenoxy) is 1. The third-order valence-electron chi connectivity index (χ3n) is 4.39. The van der Waals surface area contributed by atoms with Crippen LogP contribution in [0.4, 0.5) is 0 Å².